The van der Waals surface area contributed by atoms with Crippen LogP contribution in [-0.2, 0) is 4.79 Å². The number of carbonyl (C=O) groups is 2. The Morgan fingerprint density at radius 2 is 2.06 bits per heavy atom. The van der Waals surface area contributed by atoms with Crippen LogP contribution in [0.3, 0.4) is 0 Å². The van der Waals surface area contributed by atoms with Gasteiger partial charge in [-0.2, -0.15) is 0 Å². The van der Waals surface area contributed by atoms with E-state index in [1.807, 2.05) is 0 Å². The van der Waals surface area contributed by atoms with E-state index in [0.29, 0.717) is 12.3 Å². The van der Waals surface area contributed by atoms with Gasteiger partial charge in [0.2, 0.25) is 0 Å². The van der Waals surface area contributed by atoms with Crippen LogP contribution in [0, 0.1) is 11.8 Å². The second kappa shape index (κ2) is 5.00. The van der Waals surface area contributed by atoms with Crippen molar-refractivity contribution in [1.29, 1.82) is 0 Å². The molecule has 3 atom stereocenters. The Bertz CT molecular complexity index is 376. The van der Waals surface area contributed by atoms with Crippen molar-refractivity contribution >= 4 is 12.0 Å². The molecule has 3 unspecified atom stereocenters. The smallest absolute Gasteiger partial charge is 0.317 e. The monoisotopic (exact) mass is 252 g/mol. The lowest BCUT2D eigenvalue weighted by atomic mass is 10.1. The molecule has 0 aliphatic heterocycles. The predicted octanol–water partition coefficient (Wildman–Crippen LogP) is 1.46. The molecule has 0 heterocycles. The highest BCUT2D eigenvalue weighted by molar-refractivity contribution is 5.76. The second-order valence-corrected chi connectivity index (χ2v) is 5.31. The Hall–Kier alpha value is -1.52. The highest BCUT2D eigenvalue weighted by Crippen LogP contribution is 2.34. The van der Waals surface area contributed by atoms with E-state index in [2.05, 4.69) is 12.2 Å². The van der Waals surface area contributed by atoms with E-state index < -0.39 is 11.9 Å². The number of hydrogen-bond acceptors (Lipinski definition) is 2. The number of nitrogens with zero attached hydrogens (tertiary/aromatic N) is 1. The van der Waals surface area contributed by atoms with Crippen LogP contribution >= 0.6 is 0 Å². The average Bonchev–Trinajstić information content (AvgIpc) is 3.07. The van der Waals surface area contributed by atoms with Crippen molar-refractivity contribution in [2.24, 2.45) is 11.8 Å². The zero-order valence-electron chi connectivity index (χ0n) is 10.8. The number of amides is 2. The minimum Gasteiger partial charge on any atom is -0.481 e. The van der Waals surface area contributed by atoms with Gasteiger partial charge in [0.15, 0.2) is 0 Å². The summed E-state index contributed by atoms with van der Waals surface area (Å²) in [5.41, 5.74) is 0. The van der Waals surface area contributed by atoms with Crippen molar-refractivity contribution in [3.63, 3.8) is 0 Å². The van der Waals surface area contributed by atoms with Gasteiger partial charge < -0.3 is 15.3 Å². The zero-order valence-corrected chi connectivity index (χ0v) is 10.8. The SMILES string of the molecule is CC(C1CC1)N(C)C(=O)NC1C=CC(C(=O)O)C1. The van der Waals surface area contributed by atoms with Crippen molar-refractivity contribution in [3.05, 3.63) is 12.2 Å². The van der Waals surface area contributed by atoms with E-state index in [0.717, 1.165) is 0 Å². The van der Waals surface area contributed by atoms with Gasteiger partial charge in [0.25, 0.3) is 0 Å². The predicted molar refractivity (Wildman–Crippen MR) is 67.2 cm³/mol. The van der Waals surface area contributed by atoms with Crippen LogP contribution in [0.15, 0.2) is 12.2 Å². The first-order valence-electron chi connectivity index (χ1n) is 6.43. The molecule has 2 N–H and O–H groups in total. The fourth-order valence-electron chi connectivity index (χ4n) is 2.33. The molecule has 1 saturated carbocycles. The molecular weight excluding hydrogens is 232 g/mol. The number of carboxylic acid groups (broad SMARTS) is 1. The zero-order chi connectivity index (χ0) is 13.3. The van der Waals surface area contributed by atoms with Crippen LogP contribution in [0.1, 0.15) is 26.2 Å². The van der Waals surface area contributed by atoms with Crippen molar-refractivity contribution in [3.8, 4) is 0 Å². The van der Waals surface area contributed by atoms with E-state index in [1.54, 1.807) is 24.1 Å². The molecule has 18 heavy (non-hydrogen) atoms. The van der Waals surface area contributed by atoms with Crippen molar-refractivity contribution < 1.29 is 14.7 Å². The molecule has 0 aromatic heterocycles. The Balaban J connectivity index is 1.81. The Morgan fingerprint density at radius 3 is 2.56 bits per heavy atom. The van der Waals surface area contributed by atoms with E-state index in [-0.39, 0.29) is 18.1 Å². The third kappa shape index (κ3) is 2.83. The van der Waals surface area contributed by atoms with Gasteiger partial charge in [0.05, 0.1) is 12.0 Å². The van der Waals surface area contributed by atoms with Crippen molar-refractivity contribution in [2.75, 3.05) is 7.05 Å². The first kappa shape index (κ1) is 12.9. The van der Waals surface area contributed by atoms with Gasteiger partial charge >= 0.3 is 12.0 Å². The lowest BCUT2D eigenvalue weighted by Gasteiger charge is -2.26. The third-order valence-corrected chi connectivity index (χ3v) is 3.95. The summed E-state index contributed by atoms with van der Waals surface area (Å²) in [5, 5.41) is 11.7. The van der Waals surface area contributed by atoms with Gasteiger partial charge in [-0.1, -0.05) is 12.2 Å². The normalized spacial score (nSPS) is 27.9. The lowest BCUT2D eigenvalue weighted by Crippen LogP contribution is -2.46. The Labute approximate surface area is 107 Å². The topological polar surface area (TPSA) is 69.6 Å². The first-order chi connectivity index (χ1) is 8.49. The van der Waals surface area contributed by atoms with E-state index in [1.165, 1.54) is 12.8 Å². The number of carbonyl (C=O) groups excluding carboxylic acids is 1. The molecule has 2 rings (SSSR count). The van der Waals surface area contributed by atoms with E-state index in [4.69, 9.17) is 5.11 Å². The number of aliphatic carboxylic acids is 1. The summed E-state index contributed by atoms with van der Waals surface area (Å²) in [5.74, 6) is -0.671. The molecule has 0 aromatic carbocycles. The summed E-state index contributed by atoms with van der Waals surface area (Å²) >= 11 is 0. The van der Waals surface area contributed by atoms with Crippen LogP contribution in [0.4, 0.5) is 4.79 Å². The van der Waals surface area contributed by atoms with Gasteiger partial charge in [-0.3, -0.25) is 4.79 Å². The van der Waals surface area contributed by atoms with Crippen LogP contribution in [0.25, 0.3) is 0 Å². The number of urea groups is 1. The van der Waals surface area contributed by atoms with E-state index in [9.17, 15) is 9.59 Å². The molecule has 1 fully saturated rings. The molecule has 0 aromatic rings. The summed E-state index contributed by atoms with van der Waals surface area (Å²) in [7, 11) is 1.80. The number of rotatable bonds is 4. The highest BCUT2D eigenvalue weighted by Gasteiger charge is 2.33. The fourth-order valence-corrected chi connectivity index (χ4v) is 2.33. The highest BCUT2D eigenvalue weighted by atomic mass is 16.4. The maximum absolute atomic E-state index is 12.0. The van der Waals surface area contributed by atoms with Gasteiger partial charge in [-0.25, -0.2) is 4.79 Å². The summed E-state index contributed by atoms with van der Waals surface area (Å²) in [6.45, 7) is 2.06. The van der Waals surface area contributed by atoms with Crippen molar-refractivity contribution in [2.45, 2.75) is 38.3 Å². The number of carboxylic acids is 1. The summed E-state index contributed by atoms with van der Waals surface area (Å²) in [6, 6.07) is -0.0202. The number of nitrogens with one attached hydrogen (secondary N) is 1. The molecular formula is C13H20N2O3. The molecule has 5 heteroatoms. The molecule has 5 nitrogen and oxygen atoms in total. The molecule has 0 radical (unpaired) electrons. The largest absolute Gasteiger partial charge is 0.481 e. The van der Waals surface area contributed by atoms with Crippen LogP contribution in [0.2, 0.25) is 0 Å². The Kier molecular flexibility index (Phi) is 3.59. The maximum atomic E-state index is 12.0. The summed E-state index contributed by atoms with van der Waals surface area (Å²) in [4.78, 5) is 24.5. The first-order valence-corrected chi connectivity index (χ1v) is 6.43. The minimum atomic E-state index is -0.831. The minimum absolute atomic E-state index is 0.116. The maximum Gasteiger partial charge on any atom is 0.317 e. The standard InChI is InChI=1S/C13H20N2O3/c1-8(9-3-4-9)15(2)13(18)14-11-6-5-10(7-11)12(16)17/h5-6,8-11H,3-4,7H2,1-2H3,(H,14,18)(H,16,17). The average molecular weight is 252 g/mol. The second-order valence-electron chi connectivity index (χ2n) is 5.31. The van der Waals surface area contributed by atoms with Crippen molar-refractivity contribution in [1.82, 2.24) is 10.2 Å². The van der Waals surface area contributed by atoms with Gasteiger partial charge in [-0.05, 0) is 32.1 Å². The molecule has 100 valence electrons. The van der Waals surface area contributed by atoms with E-state index >= 15 is 0 Å². The molecule has 2 aliphatic rings. The third-order valence-electron chi connectivity index (χ3n) is 3.95. The van der Waals surface area contributed by atoms with Crippen LogP contribution in [0.5, 0.6) is 0 Å². The summed E-state index contributed by atoms with van der Waals surface area (Å²) < 4.78 is 0. The van der Waals surface area contributed by atoms with Gasteiger partial charge in [0.1, 0.15) is 0 Å². The summed E-state index contributed by atoms with van der Waals surface area (Å²) in [6.07, 6.45) is 6.27. The molecule has 0 bridgehead atoms. The molecule has 2 aliphatic carbocycles. The molecule has 0 spiro atoms. The fraction of sp³-hybridized carbons (Fsp3) is 0.692. The van der Waals surface area contributed by atoms with Crippen LogP contribution in [-0.4, -0.2) is 41.1 Å². The number of hydrogen-bond donors (Lipinski definition) is 2. The molecule has 2 amide bonds. The van der Waals surface area contributed by atoms with Gasteiger partial charge in [0, 0.05) is 13.1 Å². The molecule has 0 saturated heterocycles. The van der Waals surface area contributed by atoms with Crippen LogP contribution < -0.4 is 5.32 Å². The quantitative estimate of drug-likeness (QED) is 0.744. The van der Waals surface area contributed by atoms with Gasteiger partial charge in [-0.15, -0.1) is 0 Å². The lowest BCUT2D eigenvalue weighted by molar-refractivity contribution is -0.140. The Morgan fingerprint density at radius 1 is 1.39 bits per heavy atom.